The van der Waals surface area contributed by atoms with Crippen LogP contribution in [0.1, 0.15) is 35.6 Å². The van der Waals surface area contributed by atoms with Crippen molar-refractivity contribution in [2.24, 2.45) is 0 Å². The van der Waals surface area contributed by atoms with Crippen molar-refractivity contribution < 1.29 is 19.1 Å². The molecule has 1 aromatic heterocycles. The summed E-state index contributed by atoms with van der Waals surface area (Å²) in [5, 5.41) is 3.49. The predicted molar refractivity (Wildman–Crippen MR) is 105 cm³/mol. The van der Waals surface area contributed by atoms with Gasteiger partial charge in [-0.3, -0.25) is 4.79 Å². The van der Waals surface area contributed by atoms with E-state index < -0.39 is 5.97 Å². The molecule has 0 aliphatic heterocycles. The molecule has 3 aromatic rings. The fourth-order valence-electron chi connectivity index (χ4n) is 2.48. The van der Waals surface area contributed by atoms with Crippen LogP contribution in [-0.4, -0.2) is 23.5 Å². The summed E-state index contributed by atoms with van der Waals surface area (Å²) >= 11 is 1.56. The van der Waals surface area contributed by atoms with Gasteiger partial charge in [-0.2, -0.15) is 0 Å². The first-order chi connectivity index (χ1) is 13.1. The van der Waals surface area contributed by atoms with Gasteiger partial charge >= 0.3 is 5.97 Å². The Balaban J connectivity index is 1.78. The van der Waals surface area contributed by atoms with E-state index in [2.05, 4.69) is 10.3 Å². The van der Waals surface area contributed by atoms with Crippen LogP contribution in [0.15, 0.2) is 42.5 Å². The number of rotatable bonds is 7. The zero-order chi connectivity index (χ0) is 19.2. The smallest absolute Gasteiger partial charge is 0.340 e. The van der Waals surface area contributed by atoms with Crippen molar-refractivity contribution in [3.8, 4) is 5.75 Å². The van der Waals surface area contributed by atoms with Crippen LogP contribution in [0.5, 0.6) is 5.75 Å². The Morgan fingerprint density at radius 2 is 2.00 bits per heavy atom. The Bertz CT molecular complexity index is 935. The standard InChI is InChI=1S/C20H20N2O4S/c1-3-10-25-20(24)15-11-14(8-9-16(15)21-13(2)23)26-12-19-22-17-6-4-5-7-18(17)27-19/h4-9,11H,3,10,12H2,1-2H3,(H,21,23). The van der Waals surface area contributed by atoms with Crippen LogP contribution >= 0.6 is 11.3 Å². The highest BCUT2D eigenvalue weighted by Crippen LogP contribution is 2.26. The van der Waals surface area contributed by atoms with Gasteiger partial charge in [0.1, 0.15) is 17.4 Å². The maximum atomic E-state index is 12.3. The molecule has 6 nitrogen and oxygen atoms in total. The molecule has 0 radical (unpaired) electrons. The second-order valence-corrected chi connectivity index (χ2v) is 7.00. The second kappa shape index (κ2) is 8.64. The highest BCUT2D eigenvalue weighted by atomic mass is 32.1. The van der Waals surface area contributed by atoms with Crippen LogP contribution < -0.4 is 10.1 Å². The molecule has 140 valence electrons. The lowest BCUT2D eigenvalue weighted by molar-refractivity contribution is -0.114. The van der Waals surface area contributed by atoms with E-state index in [1.54, 1.807) is 29.5 Å². The van der Waals surface area contributed by atoms with Gasteiger partial charge in [0.15, 0.2) is 0 Å². The number of hydrogen-bond acceptors (Lipinski definition) is 6. The van der Waals surface area contributed by atoms with E-state index in [1.165, 1.54) is 6.92 Å². The lowest BCUT2D eigenvalue weighted by Gasteiger charge is -2.12. The van der Waals surface area contributed by atoms with Crippen LogP contribution in [0.25, 0.3) is 10.2 Å². The van der Waals surface area contributed by atoms with Crippen LogP contribution in [0.4, 0.5) is 5.69 Å². The number of carbonyl (C=O) groups excluding carboxylic acids is 2. The third-order valence-corrected chi connectivity index (χ3v) is 4.67. The summed E-state index contributed by atoms with van der Waals surface area (Å²) in [5.41, 5.74) is 1.60. The second-order valence-electron chi connectivity index (χ2n) is 5.89. The van der Waals surface area contributed by atoms with E-state index in [0.29, 0.717) is 24.7 Å². The van der Waals surface area contributed by atoms with Gasteiger partial charge in [-0.05, 0) is 36.8 Å². The molecule has 0 atom stereocenters. The normalized spacial score (nSPS) is 10.6. The third kappa shape index (κ3) is 4.83. The van der Waals surface area contributed by atoms with Gasteiger partial charge < -0.3 is 14.8 Å². The number of carbonyl (C=O) groups is 2. The van der Waals surface area contributed by atoms with Crippen molar-refractivity contribution in [3.63, 3.8) is 0 Å². The zero-order valence-corrected chi connectivity index (χ0v) is 16.0. The molecule has 0 unspecified atom stereocenters. The average molecular weight is 384 g/mol. The van der Waals surface area contributed by atoms with E-state index in [-0.39, 0.29) is 11.5 Å². The molecule has 3 rings (SSSR count). The minimum Gasteiger partial charge on any atom is -0.486 e. The Hall–Kier alpha value is -2.93. The van der Waals surface area contributed by atoms with E-state index in [4.69, 9.17) is 9.47 Å². The molecule has 1 amide bonds. The fourth-order valence-corrected chi connectivity index (χ4v) is 3.36. The summed E-state index contributed by atoms with van der Waals surface area (Å²) in [6, 6.07) is 12.8. The molecule has 7 heteroatoms. The molecule has 0 spiro atoms. The number of amides is 1. The molecule has 0 saturated heterocycles. The van der Waals surface area contributed by atoms with E-state index in [9.17, 15) is 9.59 Å². The highest BCUT2D eigenvalue weighted by molar-refractivity contribution is 7.18. The van der Waals surface area contributed by atoms with Crippen molar-refractivity contribution in [2.75, 3.05) is 11.9 Å². The number of para-hydroxylation sites is 1. The molecule has 1 N–H and O–H groups in total. The fraction of sp³-hybridized carbons (Fsp3) is 0.250. The first-order valence-corrected chi connectivity index (χ1v) is 9.44. The number of fused-ring (bicyclic) bond motifs is 1. The summed E-state index contributed by atoms with van der Waals surface area (Å²) in [6.07, 6.45) is 0.717. The molecule has 1 heterocycles. The SMILES string of the molecule is CCCOC(=O)c1cc(OCc2nc3ccccc3s2)ccc1NC(C)=O. The van der Waals surface area contributed by atoms with E-state index >= 15 is 0 Å². The molecule has 0 aliphatic rings. The Morgan fingerprint density at radius 3 is 2.74 bits per heavy atom. The van der Waals surface area contributed by atoms with Crippen LogP contribution in [0.2, 0.25) is 0 Å². The van der Waals surface area contributed by atoms with Gasteiger partial charge in [0.25, 0.3) is 0 Å². The number of ether oxygens (including phenoxy) is 2. The van der Waals surface area contributed by atoms with Crippen molar-refractivity contribution in [1.29, 1.82) is 0 Å². The molecule has 0 fully saturated rings. The van der Waals surface area contributed by atoms with E-state index in [1.807, 2.05) is 31.2 Å². The van der Waals surface area contributed by atoms with Crippen molar-refractivity contribution in [3.05, 3.63) is 53.0 Å². The number of nitrogens with zero attached hydrogens (tertiary/aromatic N) is 1. The van der Waals surface area contributed by atoms with Crippen molar-refractivity contribution >= 4 is 39.1 Å². The number of anilines is 1. The molecule has 0 aliphatic carbocycles. The molecular weight excluding hydrogens is 364 g/mol. The molecule has 27 heavy (non-hydrogen) atoms. The van der Waals surface area contributed by atoms with Gasteiger partial charge in [0.2, 0.25) is 5.91 Å². The van der Waals surface area contributed by atoms with Gasteiger partial charge in [0.05, 0.1) is 28.1 Å². The topological polar surface area (TPSA) is 77.5 Å². The lowest BCUT2D eigenvalue weighted by atomic mass is 10.1. The Labute approximate surface area is 161 Å². The minimum absolute atomic E-state index is 0.261. The van der Waals surface area contributed by atoms with Crippen LogP contribution in [-0.2, 0) is 16.1 Å². The summed E-state index contributed by atoms with van der Waals surface area (Å²) in [7, 11) is 0. The van der Waals surface area contributed by atoms with Gasteiger partial charge in [-0.1, -0.05) is 19.1 Å². The number of aromatic nitrogens is 1. The number of thiazole rings is 1. The lowest BCUT2D eigenvalue weighted by Crippen LogP contribution is -2.13. The van der Waals surface area contributed by atoms with Crippen molar-refractivity contribution in [2.45, 2.75) is 26.9 Å². The summed E-state index contributed by atoms with van der Waals surface area (Å²) in [4.78, 5) is 28.2. The number of nitrogens with one attached hydrogen (secondary N) is 1. The number of esters is 1. The largest absolute Gasteiger partial charge is 0.486 e. The average Bonchev–Trinajstić information content (AvgIpc) is 3.07. The monoisotopic (exact) mass is 384 g/mol. The Kier molecular flexibility index (Phi) is 6.03. The predicted octanol–water partition coefficient (Wildman–Crippen LogP) is 4.40. The molecule has 0 bridgehead atoms. The maximum Gasteiger partial charge on any atom is 0.340 e. The summed E-state index contributed by atoms with van der Waals surface area (Å²) < 4.78 is 12.1. The quantitative estimate of drug-likeness (QED) is 0.611. The third-order valence-electron chi connectivity index (χ3n) is 3.66. The molecule has 0 saturated carbocycles. The van der Waals surface area contributed by atoms with E-state index in [0.717, 1.165) is 21.6 Å². The van der Waals surface area contributed by atoms with Gasteiger partial charge in [-0.25, -0.2) is 9.78 Å². The highest BCUT2D eigenvalue weighted by Gasteiger charge is 2.16. The first kappa shape index (κ1) is 18.8. The summed E-state index contributed by atoms with van der Waals surface area (Å²) in [5.74, 6) is -0.250. The Morgan fingerprint density at radius 1 is 1.19 bits per heavy atom. The van der Waals surface area contributed by atoms with Gasteiger partial charge in [0, 0.05) is 6.92 Å². The molecular formula is C20H20N2O4S. The van der Waals surface area contributed by atoms with Crippen LogP contribution in [0, 0.1) is 0 Å². The number of benzene rings is 2. The minimum atomic E-state index is -0.494. The zero-order valence-electron chi connectivity index (χ0n) is 15.2. The number of hydrogen-bond donors (Lipinski definition) is 1. The summed E-state index contributed by atoms with van der Waals surface area (Å²) in [6.45, 7) is 3.91. The first-order valence-electron chi connectivity index (χ1n) is 8.63. The van der Waals surface area contributed by atoms with Crippen LogP contribution in [0.3, 0.4) is 0 Å². The van der Waals surface area contributed by atoms with Crippen molar-refractivity contribution in [1.82, 2.24) is 4.98 Å². The molecule has 2 aromatic carbocycles. The van der Waals surface area contributed by atoms with Gasteiger partial charge in [-0.15, -0.1) is 11.3 Å². The maximum absolute atomic E-state index is 12.3.